The molecule has 2 aliphatic rings. The van der Waals surface area contributed by atoms with E-state index in [1.807, 2.05) is 6.92 Å². The van der Waals surface area contributed by atoms with Gasteiger partial charge in [-0.1, -0.05) is 19.4 Å². The second kappa shape index (κ2) is 17.4. The number of nitrogens with one attached hydrogen (secondary N) is 2. The predicted octanol–water partition coefficient (Wildman–Crippen LogP) is -0.269. The van der Waals surface area contributed by atoms with Crippen LogP contribution in [-0.2, 0) is 44.8 Å². The number of esters is 1. The van der Waals surface area contributed by atoms with Crippen LogP contribution in [0.15, 0.2) is 30.4 Å². The number of aliphatic carboxylic acids is 1. The van der Waals surface area contributed by atoms with Gasteiger partial charge < -0.3 is 45.3 Å². The van der Waals surface area contributed by atoms with Gasteiger partial charge in [0.15, 0.2) is 6.10 Å². The zero-order chi connectivity index (χ0) is 33.8. The molecule has 1 fully saturated rings. The van der Waals surface area contributed by atoms with Crippen LogP contribution in [0.3, 0.4) is 0 Å². The monoisotopic (exact) mass is 649 g/mol. The van der Waals surface area contributed by atoms with Gasteiger partial charge in [0.05, 0.1) is 5.69 Å². The van der Waals surface area contributed by atoms with Crippen LogP contribution in [0.1, 0.15) is 57.4 Å². The van der Waals surface area contributed by atoms with Gasteiger partial charge in [-0.2, -0.15) is 0 Å². The van der Waals surface area contributed by atoms with Gasteiger partial charge in [-0.3, -0.25) is 28.9 Å². The third kappa shape index (κ3) is 10.3. The molecule has 5 atom stereocenters. The number of nitrogens with zero attached hydrogens (tertiary/aromatic N) is 1. The molecule has 1 aromatic carbocycles. The van der Waals surface area contributed by atoms with Crippen molar-refractivity contribution in [3.8, 4) is 5.75 Å². The molecule has 1 aromatic rings. The van der Waals surface area contributed by atoms with Crippen LogP contribution in [0.25, 0.3) is 0 Å². The Morgan fingerprint density at radius 2 is 1.63 bits per heavy atom. The van der Waals surface area contributed by atoms with E-state index < -0.39 is 48.6 Å². The number of hydrogen-bond donors (Lipinski definition) is 6. The summed E-state index contributed by atoms with van der Waals surface area (Å²) in [6, 6.07) is 4.28. The largest absolute Gasteiger partial charge is 0.479 e. The topological polar surface area (TPSA) is 238 Å². The summed E-state index contributed by atoms with van der Waals surface area (Å²) in [5.41, 5.74) is 0.493. The highest BCUT2D eigenvalue weighted by atomic mass is 16.7. The molecule has 6 N–H and O–H groups in total. The van der Waals surface area contributed by atoms with Crippen LogP contribution in [0.5, 0.6) is 5.75 Å². The highest BCUT2D eigenvalue weighted by Gasteiger charge is 2.48. The molecule has 2 heterocycles. The number of carboxylic acids is 1. The summed E-state index contributed by atoms with van der Waals surface area (Å²) in [7, 11) is 0. The molecule has 46 heavy (non-hydrogen) atoms. The molecule has 4 amide bonds. The van der Waals surface area contributed by atoms with Gasteiger partial charge in [-0.25, -0.2) is 4.79 Å². The fourth-order valence-corrected chi connectivity index (χ4v) is 4.58. The lowest BCUT2D eigenvalue weighted by Crippen LogP contribution is -2.61. The van der Waals surface area contributed by atoms with Gasteiger partial charge in [-0.05, 0) is 37.0 Å². The number of anilines is 1. The Morgan fingerprint density at radius 3 is 2.30 bits per heavy atom. The highest BCUT2D eigenvalue weighted by Crippen LogP contribution is 2.31. The summed E-state index contributed by atoms with van der Waals surface area (Å²) in [6.07, 6.45) is -4.39. The van der Waals surface area contributed by atoms with Gasteiger partial charge in [0.1, 0.15) is 30.7 Å². The number of amides is 4. The Labute approximate surface area is 264 Å². The first-order valence-electron chi connectivity index (χ1n) is 14.9. The second-order valence-electron chi connectivity index (χ2n) is 10.7. The van der Waals surface area contributed by atoms with Gasteiger partial charge >= 0.3 is 11.9 Å². The molecule has 16 nitrogen and oxygen atoms in total. The molecule has 2 aliphatic heterocycles. The third-order valence-corrected chi connectivity index (χ3v) is 7.09. The number of benzene rings is 1. The van der Waals surface area contributed by atoms with Crippen LogP contribution in [0.2, 0.25) is 0 Å². The van der Waals surface area contributed by atoms with Crippen LogP contribution >= 0.6 is 0 Å². The van der Waals surface area contributed by atoms with Crippen molar-refractivity contribution in [3.63, 3.8) is 0 Å². The molecule has 3 rings (SSSR count). The van der Waals surface area contributed by atoms with E-state index in [0.717, 1.165) is 4.90 Å². The van der Waals surface area contributed by atoms with E-state index in [1.165, 1.54) is 30.4 Å². The first-order chi connectivity index (χ1) is 21.9. The van der Waals surface area contributed by atoms with E-state index in [9.17, 15) is 49.2 Å². The van der Waals surface area contributed by atoms with E-state index in [4.69, 9.17) is 14.2 Å². The average molecular weight is 650 g/mol. The van der Waals surface area contributed by atoms with Crippen molar-refractivity contribution >= 4 is 41.3 Å². The predicted molar refractivity (Wildman–Crippen MR) is 157 cm³/mol. The summed E-state index contributed by atoms with van der Waals surface area (Å²) in [5, 5.41) is 45.0. The Hall–Kier alpha value is -4.38. The smallest absolute Gasteiger partial charge is 0.335 e. The van der Waals surface area contributed by atoms with E-state index >= 15 is 0 Å². The van der Waals surface area contributed by atoms with E-state index in [0.29, 0.717) is 31.2 Å². The molecular weight excluding hydrogens is 610 g/mol. The third-order valence-electron chi connectivity index (χ3n) is 7.09. The summed E-state index contributed by atoms with van der Waals surface area (Å²) in [4.78, 5) is 72.5. The van der Waals surface area contributed by atoms with Crippen molar-refractivity contribution in [1.29, 1.82) is 0 Å². The van der Waals surface area contributed by atoms with Gasteiger partial charge in [0, 0.05) is 44.5 Å². The molecule has 0 spiro atoms. The van der Waals surface area contributed by atoms with E-state index in [2.05, 4.69) is 10.6 Å². The zero-order valence-electron chi connectivity index (χ0n) is 25.3. The normalized spacial score (nSPS) is 22.4. The number of aliphatic hydroxyl groups is 3. The lowest BCUT2D eigenvalue weighted by Gasteiger charge is -2.38. The number of rotatable bonds is 17. The quantitative estimate of drug-likeness (QED) is 0.0725. The fraction of sp³-hybridized carbons (Fsp3) is 0.533. The van der Waals surface area contributed by atoms with Gasteiger partial charge in [0.25, 0.3) is 11.8 Å². The first kappa shape index (κ1) is 36.1. The molecule has 0 bridgehead atoms. The lowest BCUT2D eigenvalue weighted by atomic mass is 9.99. The van der Waals surface area contributed by atoms with E-state index in [1.54, 1.807) is 0 Å². The molecule has 1 saturated heterocycles. The zero-order valence-corrected chi connectivity index (χ0v) is 25.3. The van der Waals surface area contributed by atoms with Crippen LogP contribution < -0.4 is 15.4 Å². The first-order valence-corrected chi connectivity index (χ1v) is 14.9. The average Bonchev–Trinajstić information content (AvgIpc) is 3.33. The Morgan fingerprint density at radius 1 is 0.913 bits per heavy atom. The number of imide groups is 1. The number of hydrogen-bond acceptors (Lipinski definition) is 12. The number of ether oxygens (including phenoxy) is 3. The molecule has 0 saturated carbocycles. The highest BCUT2D eigenvalue weighted by molar-refractivity contribution is 6.12. The standard InChI is InChI=1S/C30H39N3O13/c1-2-6-24(38)44-16-17-8-9-19(45-30-27(41)25(39)26(40)28(46-30)29(42)43)18(15-17)32-21(35)12-13-31-20(34)7-4-3-5-14-33-22(36)10-11-23(33)37/h8-11,15,25-28,30,39-41H,2-7,12-14,16H2,1H3,(H,31,34)(H,32,35)(H,42,43)/t25-,26-,27?,28?,30+/m0/s1. The van der Waals surface area contributed by atoms with E-state index in [-0.39, 0.29) is 68.1 Å². The SMILES string of the molecule is CCCC(=O)OCc1ccc(O[C@@H]2OC(C(=O)O)[C@@H](O)[C@H](O)C2O)c(NC(=O)CCNC(=O)CCCCCN2C(=O)C=CC2=O)c1. The number of aliphatic hydroxyl groups excluding tert-OH is 3. The van der Waals surface area contributed by atoms with Gasteiger partial charge in [-0.15, -0.1) is 0 Å². The Kier molecular flexibility index (Phi) is 13.6. The maximum Gasteiger partial charge on any atom is 0.335 e. The minimum absolute atomic E-state index is 0.00749. The van der Waals surface area contributed by atoms with Crippen molar-refractivity contribution in [3.05, 3.63) is 35.9 Å². The summed E-state index contributed by atoms with van der Waals surface area (Å²) < 4.78 is 16.0. The van der Waals surface area contributed by atoms with Crippen molar-refractivity contribution < 1.29 is 63.4 Å². The maximum atomic E-state index is 12.8. The summed E-state index contributed by atoms with van der Waals surface area (Å²) in [5.74, 6) is -3.67. The summed E-state index contributed by atoms with van der Waals surface area (Å²) in [6.45, 7) is 1.95. The van der Waals surface area contributed by atoms with Crippen LogP contribution in [-0.4, -0.2) is 105 Å². The minimum Gasteiger partial charge on any atom is -0.479 e. The molecule has 0 radical (unpaired) electrons. The Balaban J connectivity index is 1.55. The van der Waals surface area contributed by atoms with Crippen molar-refractivity contribution in [2.75, 3.05) is 18.4 Å². The molecular formula is C30H39N3O13. The number of carbonyl (C=O) groups is 6. The molecule has 0 aliphatic carbocycles. The lowest BCUT2D eigenvalue weighted by molar-refractivity contribution is -0.271. The Bertz CT molecular complexity index is 1300. The number of unbranched alkanes of at least 4 members (excludes halogenated alkanes) is 2. The maximum absolute atomic E-state index is 12.8. The van der Waals surface area contributed by atoms with Crippen LogP contribution in [0.4, 0.5) is 5.69 Å². The van der Waals surface area contributed by atoms with Crippen molar-refractivity contribution in [1.82, 2.24) is 10.2 Å². The number of carboxylic acid groups (broad SMARTS) is 1. The van der Waals surface area contributed by atoms with Crippen LogP contribution in [0, 0.1) is 0 Å². The number of carbonyl (C=O) groups excluding carboxylic acids is 5. The molecule has 2 unspecified atom stereocenters. The van der Waals surface area contributed by atoms with Gasteiger partial charge in [0.2, 0.25) is 18.1 Å². The molecule has 0 aromatic heterocycles. The molecule has 252 valence electrons. The summed E-state index contributed by atoms with van der Waals surface area (Å²) >= 11 is 0. The second-order valence-corrected chi connectivity index (χ2v) is 10.7. The van der Waals surface area contributed by atoms with Crippen molar-refractivity contribution in [2.24, 2.45) is 0 Å². The van der Waals surface area contributed by atoms with Crippen molar-refractivity contribution in [2.45, 2.75) is 89.2 Å². The minimum atomic E-state index is -1.93. The molecule has 16 heteroatoms. The fourth-order valence-electron chi connectivity index (χ4n) is 4.58.